The lowest BCUT2D eigenvalue weighted by Gasteiger charge is -2.20. The van der Waals surface area contributed by atoms with E-state index >= 15 is 0 Å². The van der Waals surface area contributed by atoms with Crippen molar-refractivity contribution in [2.45, 2.75) is 136 Å². The van der Waals surface area contributed by atoms with Crippen molar-refractivity contribution in [3.8, 4) is 0 Å². The molecule has 0 spiro atoms. The number of esters is 1. The number of aliphatic hydroxyl groups excluding tert-OH is 1. The van der Waals surface area contributed by atoms with Crippen molar-refractivity contribution in [2.24, 2.45) is 0 Å². The van der Waals surface area contributed by atoms with Gasteiger partial charge in [0, 0.05) is 6.42 Å². The molecule has 0 unspecified atom stereocenters. The van der Waals surface area contributed by atoms with Crippen LogP contribution in [0, 0.1) is 0 Å². The molecule has 0 aromatic heterocycles. The standard InChI is InChI=1S/C24H47NO4/c1-4-6-8-10-12-14-16-18-20-29-24(28)23(21(3)26)25-22(27)19-17-15-13-11-9-7-5-2/h21,23,26H,4-20H2,1-3H3,(H,25,27)/t21-,23+/m1/s1. The van der Waals surface area contributed by atoms with Gasteiger partial charge in [-0.2, -0.15) is 0 Å². The minimum absolute atomic E-state index is 0.187. The summed E-state index contributed by atoms with van der Waals surface area (Å²) in [5.74, 6) is -0.718. The topological polar surface area (TPSA) is 75.6 Å². The molecule has 0 radical (unpaired) electrons. The lowest BCUT2D eigenvalue weighted by Crippen LogP contribution is -2.48. The molecule has 2 atom stereocenters. The first-order valence-electron chi connectivity index (χ1n) is 12.2. The van der Waals surface area contributed by atoms with Gasteiger partial charge in [-0.3, -0.25) is 4.79 Å². The van der Waals surface area contributed by atoms with Gasteiger partial charge in [-0.15, -0.1) is 0 Å². The normalized spacial score (nSPS) is 13.1. The van der Waals surface area contributed by atoms with E-state index < -0.39 is 18.1 Å². The van der Waals surface area contributed by atoms with Crippen LogP contribution in [0.25, 0.3) is 0 Å². The third-order valence-corrected chi connectivity index (χ3v) is 5.30. The summed E-state index contributed by atoms with van der Waals surface area (Å²) in [6.07, 6.45) is 16.8. The molecule has 0 aromatic rings. The number of hydrogen-bond acceptors (Lipinski definition) is 4. The van der Waals surface area contributed by atoms with Gasteiger partial charge in [-0.05, 0) is 19.8 Å². The number of hydrogen-bond donors (Lipinski definition) is 2. The summed E-state index contributed by atoms with van der Waals surface area (Å²) in [5.41, 5.74) is 0. The highest BCUT2D eigenvalue weighted by Gasteiger charge is 2.26. The number of nitrogens with one attached hydrogen (secondary N) is 1. The third kappa shape index (κ3) is 17.5. The van der Waals surface area contributed by atoms with Gasteiger partial charge in [-0.1, -0.05) is 97.3 Å². The molecular formula is C24H47NO4. The molecule has 2 N–H and O–H groups in total. The number of amides is 1. The predicted octanol–water partition coefficient (Wildman–Crippen LogP) is 5.68. The van der Waals surface area contributed by atoms with Crippen LogP contribution in [0.4, 0.5) is 0 Å². The molecule has 0 rings (SSSR count). The van der Waals surface area contributed by atoms with Crippen LogP contribution in [0.3, 0.4) is 0 Å². The van der Waals surface area contributed by atoms with E-state index in [9.17, 15) is 14.7 Å². The second-order valence-corrected chi connectivity index (χ2v) is 8.30. The summed E-state index contributed by atoms with van der Waals surface area (Å²) in [4.78, 5) is 24.3. The van der Waals surface area contributed by atoms with Crippen LogP contribution in [0.1, 0.15) is 124 Å². The van der Waals surface area contributed by atoms with Crippen LogP contribution < -0.4 is 5.32 Å². The zero-order valence-electron chi connectivity index (χ0n) is 19.3. The average Bonchev–Trinajstić information content (AvgIpc) is 2.69. The fraction of sp³-hybridized carbons (Fsp3) is 0.917. The van der Waals surface area contributed by atoms with Crippen molar-refractivity contribution in [2.75, 3.05) is 6.61 Å². The number of carbonyl (C=O) groups excluding carboxylic acids is 2. The highest BCUT2D eigenvalue weighted by atomic mass is 16.5. The second kappa shape index (κ2) is 20.2. The molecule has 0 bridgehead atoms. The third-order valence-electron chi connectivity index (χ3n) is 5.30. The van der Waals surface area contributed by atoms with E-state index in [1.54, 1.807) is 0 Å². The fourth-order valence-electron chi connectivity index (χ4n) is 3.36. The summed E-state index contributed by atoms with van der Waals surface area (Å²) in [6, 6.07) is -0.971. The molecule has 0 heterocycles. The van der Waals surface area contributed by atoms with Crippen molar-refractivity contribution in [3.63, 3.8) is 0 Å². The zero-order chi connectivity index (χ0) is 21.7. The van der Waals surface area contributed by atoms with E-state index in [-0.39, 0.29) is 5.91 Å². The highest BCUT2D eigenvalue weighted by Crippen LogP contribution is 2.10. The molecule has 29 heavy (non-hydrogen) atoms. The molecule has 0 aromatic carbocycles. The van der Waals surface area contributed by atoms with Crippen LogP contribution in [0.5, 0.6) is 0 Å². The van der Waals surface area contributed by atoms with Gasteiger partial charge in [0.05, 0.1) is 12.7 Å². The number of carbonyl (C=O) groups is 2. The van der Waals surface area contributed by atoms with Crippen LogP contribution >= 0.6 is 0 Å². The number of aliphatic hydroxyl groups is 1. The minimum atomic E-state index is -0.971. The first-order chi connectivity index (χ1) is 14.0. The van der Waals surface area contributed by atoms with E-state index in [0.717, 1.165) is 38.5 Å². The van der Waals surface area contributed by atoms with Crippen molar-refractivity contribution >= 4 is 11.9 Å². The molecule has 0 aliphatic heterocycles. The molecule has 0 saturated heterocycles. The second-order valence-electron chi connectivity index (χ2n) is 8.30. The van der Waals surface area contributed by atoms with Gasteiger partial charge in [-0.25, -0.2) is 4.79 Å². The van der Waals surface area contributed by atoms with E-state index in [1.165, 1.54) is 64.7 Å². The molecule has 0 saturated carbocycles. The molecular weight excluding hydrogens is 366 g/mol. The van der Waals surface area contributed by atoms with Crippen LogP contribution in [0.15, 0.2) is 0 Å². The Morgan fingerprint density at radius 3 is 1.69 bits per heavy atom. The van der Waals surface area contributed by atoms with Crippen molar-refractivity contribution in [3.05, 3.63) is 0 Å². The fourth-order valence-corrected chi connectivity index (χ4v) is 3.36. The SMILES string of the molecule is CCCCCCCCCCOC(=O)[C@@H](NC(=O)CCCCCCCCC)[C@@H](C)O. The van der Waals surface area contributed by atoms with Crippen LogP contribution in [-0.2, 0) is 14.3 Å². The molecule has 1 amide bonds. The van der Waals surface area contributed by atoms with Gasteiger partial charge in [0.15, 0.2) is 6.04 Å². The van der Waals surface area contributed by atoms with Gasteiger partial charge < -0.3 is 15.2 Å². The number of ether oxygens (including phenoxy) is 1. The Labute approximate surface area is 179 Å². The summed E-state index contributed by atoms with van der Waals surface area (Å²) < 4.78 is 5.28. The Morgan fingerprint density at radius 1 is 0.759 bits per heavy atom. The summed E-state index contributed by atoms with van der Waals surface area (Å²) in [7, 11) is 0. The quantitative estimate of drug-likeness (QED) is 0.199. The first-order valence-corrected chi connectivity index (χ1v) is 12.2. The Hall–Kier alpha value is -1.10. The maximum atomic E-state index is 12.2. The molecule has 5 heteroatoms. The molecule has 0 fully saturated rings. The molecule has 5 nitrogen and oxygen atoms in total. The van der Waals surface area contributed by atoms with Gasteiger partial charge in [0.25, 0.3) is 0 Å². The average molecular weight is 414 g/mol. The monoisotopic (exact) mass is 413 g/mol. The summed E-state index contributed by atoms with van der Waals surface area (Å²) >= 11 is 0. The van der Waals surface area contributed by atoms with E-state index in [0.29, 0.717) is 13.0 Å². The predicted molar refractivity (Wildman–Crippen MR) is 120 cm³/mol. The van der Waals surface area contributed by atoms with E-state index in [4.69, 9.17) is 4.74 Å². The van der Waals surface area contributed by atoms with Crippen molar-refractivity contribution in [1.29, 1.82) is 0 Å². The molecule has 0 aliphatic carbocycles. The van der Waals surface area contributed by atoms with Crippen molar-refractivity contribution in [1.82, 2.24) is 5.32 Å². The Bertz CT molecular complexity index is 398. The minimum Gasteiger partial charge on any atom is -0.464 e. The lowest BCUT2D eigenvalue weighted by atomic mass is 10.1. The lowest BCUT2D eigenvalue weighted by molar-refractivity contribution is -0.151. The summed E-state index contributed by atoms with van der Waals surface area (Å²) in [5, 5.41) is 12.5. The number of unbranched alkanes of at least 4 members (excludes halogenated alkanes) is 13. The summed E-state index contributed by atoms with van der Waals surface area (Å²) in [6.45, 7) is 6.28. The Morgan fingerprint density at radius 2 is 1.21 bits per heavy atom. The number of rotatable bonds is 20. The van der Waals surface area contributed by atoms with Crippen LogP contribution in [0.2, 0.25) is 0 Å². The first kappa shape index (κ1) is 27.9. The highest BCUT2D eigenvalue weighted by molar-refractivity contribution is 5.84. The maximum Gasteiger partial charge on any atom is 0.331 e. The van der Waals surface area contributed by atoms with Crippen LogP contribution in [-0.4, -0.2) is 35.7 Å². The smallest absolute Gasteiger partial charge is 0.331 e. The maximum absolute atomic E-state index is 12.2. The van der Waals surface area contributed by atoms with Gasteiger partial charge in [0.1, 0.15) is 0 Å². The zero-order valence-corrected chi connectivity index (χ0v) is 19.3. The Balaban J connectivity index is 3.87. The van der Waals surface area contributed by atoms with E-state index in [1.807, 2.05) is 0 Å². The van der Waals surface area contributed by atoms with E-state index in [2.05, 4.69) is 19.2 Å². The molecule has 172 valence electrons. The largest absolute Gasteiger partial charge is 0.464 e. The van der Waals surface area contributed by atoms with Gasteiger partial charge >= 0.3 is 5.97 Å². The van der Waals surface area contributed by atoms with Gasteiger partial charge in [0.2, 0.25) is 5.91 Å². The van der Waals surface area contributed by atoms with Crippen molar-refractivity contribution < 1.29 is 19.4 Å². The molecule has 0 aliphatic rings. The Kier molecular flexibility index (Phi) is 19.4.